The van der Waals surface area contributed by atoms with E-state index in [-0.39, 0.29) is 0 Å². The number of methoxy groups -OCH3 is 1. The van der Waals surface area contributed by atoms with Crippen molar-refractivity contribution in [2.45, 2.75) is 12.8 Å². The molecule has 0 fully saturated rings. The molecule has 0 aliphatic rings. The first-order chi connectivity index (χ1) is 10.2. The lowest BCUT2D eigenvalue weighted by Gasteiger charge is -2.02. The molecule has 7 heteroatoms. The third kappa shape index (κ3) is 5.30. The van der Waals surface area contributed by atoms with Crippen LogP contribution in [0.2, 0.25) is 5.02 Å². The molecule has 0 radical (unpaired) electrons. The zero-order chi connectivity index (χ0) is 15.1. The molecule has 0 atom stereocenters. The number of hydrogen-bond donors (Lipinski definition) is 1. The molecule has 2 aromatic rings. The van der Waals surface area contributed by atoms with E-state index < -0.39 is 0 Å². The molecule has 1 aromatic carbocycles. The number of benzene rings is 1. The summed E-state index contributed by atoms with van der Waals surface area (Å²) in [5.41, 5.74) is 0.932. The van der Waals surface area contributed by atoms with Gasteiger partial charge in [-0.15, -0.1) is 10.2 Å². The highest BCUT2D eigenvalue weighted by Gasteiger charge is 2.10. The molecule has 114 valence electrons. The monoisotopic (exact) mass is 389 g/mol. The molecule has 21 heavy (non-hydrogen) atoms. The van der Waals surface area contributed by atoms with Gasteiger partial charge >= 0.3 is 0 Å². The highest BCUT2D eigenvalue weighted by Crippen LogP contribution is 2.32. The second-order valence-electron chi connectivity index (χ2n) is 4.47. The molecule has 1 heterocycles. The van der Waals surface area contributed by atoms with Crippen LogP contribution in [-0.4, -0.2) is 37.0 Å². The van der Waals surface area contributed by atoms with Crippen molar-refractivity contribution in [3.63, 3.8) is 0 Å². The molecule has 4 nitrogen and oxygen atoms in total. The fourth-order valence-corrected chi connectivity index (χ4v) is 3.53. The van der Waals surface area contributed by atoms with Gasteiger partial charge in [-0.05, 0) is 31.2 Å². The Balaban J connectivity index is 1.86. The number of ether oxygens (including phenoxy) is 1. The zero-order valence-corrected chi connectivity index (χ0v) is 14.9. The van der Waals surface area contributed by atoms with Crippen molar-refractivity contribution in [3.8, 4) is 10.6 Å². The van der Waals surface area contributed by atoms with Gasteiger partial charge in [-0.25, -0.2) is 0 Å². The van der Waals surface area contributed by atoms with Crippen LogP contribution in [0, 0.1) is 0 Å². The number of nitrogens with zero attached hydrogens (tertiary/aromatic N) is 2. The highest BCUT2D eigenvalue weighted by molar-refractivity contribution is 9.10. The Kier molecular flexibility index (Phi) is 7.06. The minimum atomic E-state index is 0.688. The lowest BCUT2D eigenvalue weighted by Crippen LogP contribution is -2.20. The molecule has 0 aliphatic heterocycles. The lowest BCUT2D eigenvalue weighted by atomic mass is 10.2. The molecule has 1 aromatic heterocycles. The van der Waals surface area contributed by atoms with Crippen LogP contribution in [0.1, 0.15) is 11.4 Å². The Morgan fingerprint density at radius 1 is 1.33 bits per heavy atom. The predicted octanol–water partition coefficient (Wildman–Crippen LogP) is 3.79. The lowest BCUT2D eigenvalue weighted by molar-refractivity contribution is 0.199. The smallest absolute Gasteiger partial charge is 0.149 e. The van der Waals surface area contributed by atoms with E-state index in [0.717, 1.165) is 52.6 Å². The zero-order valence-electron chi connectivity index (χ0n) is 11.7. The molecule has 0 saturated heterocycles. The van der Waals surface area contributed by atoms with Crippen molar-refractivity contribution in [3.05, 3.63) is 32.7 Å². The van der Waals surface area contributed by atoms with Crippen molar-refractivity contribution in [2.75, 3.05) is 26.8 Å². The number of nitrogens with one attached hydrogen (secondary N) is 1. The highest BCUT2D eigenvalue weighted by atomic mass is 79.9. The second-order valence-corrected chi connectivity index (χ2v) is 6.86. The average molecular weight is 391 g/mol. The molecule has 0 saturated carbocycles. The Hall–Kier alpha value is -0.530. The predicted molar refractivity (Wildman–Crippen MR) is 91.1 cm³/mol. The van der Waals surface area contributed by atoms with Crippen LogP contribution < -0.4 is 5.32 Å². The molecular weight excluding hydrogens is 374 g/mol. The van der Waals surface area contributed by atoms with E-state index in [9.17, 15) is 0 Å². The van der Waals surface area contributed by atoms with Gasteiger partial charge in [-0.1, -0.05) is 38.9 Å². The molecular formula is C14H17BrClN3OS. The van der Waals surface area contributed by atoms with Gasteiger partial charge in [0.25, 0.3) is 0 Å². The van der Waals surface area contributed by atoms with Crippen LogP contribution in [0.5, 0.6) is 0 Å². The number of hydrogen-bond acceptors (Lipinski definition) is 5. The van der Waals surface area contributed by atoms with Crippen LogP contribution >= 0.6 is 38.9 Å². The van der Waals surface area contributed by atoms with E-state index in [1.165, 1.54) is 0 Å². The average Bonchev–Trinajstić information content (AvgIpc) is 2.91. The first-order valence-electron chi connectivity index (χ1n) is 6.68. The Bertz CT molecular complexity index is 579. The van der Waals surface area contributed by atoms with Crippen LogP contribution in [-0.2, 0) is 11.2 Å². The normalized spacial score (nSPS) is 11.0. The van der Waals surface area contributed by atoms with Crippen LogP contribution in [0.25, 0.3) is 10.6 Å². The van der Waals surface area contributed by atoms with Crippen molar-refractivity contribution >= 4 is 38.9 Å². The summed E-state index contributed by atoms with van der Waals surface area (Å²) in [7, 11) is 1.71. The van der Waals surface area contributed by atoms with Gasteiger partial charge in [-0.3, -0.25) is 0 Å². The van der Waals surface area contributed by atoms with Crippen molar-refractivity contribution in [2.24, 2.45) is 0 Å². The number of rotatable bonds is 8. The maximum atomic E-state index is 6.24. The third-order valence-electron chi connectivity index (χ3n) is 2.86. The maximum absolute atomic E-state index is 6.24. The first-order valence-corrected chi connectivity index (χ1v) is 8.67. The summed E-state index contributed by atoms with van der Waals surface area (Å²) in [5.74, 6) is 0. The summed E-state index contributed by atoms with van der Waals surface area (Å²) in [6.45, 7) is 2.58. The number of halogens is 2. The van der Waals surface area contributed by atoms with Crippen LogP contribution in [0.3, 0.4) is 0 Å². The fourth-order valence-electron chi connectivity index (χ4n) is 1.79. The van der Waals surface area contributed by atoms with E-state index in [0.29, 0.717) is 5.02 Å². The molecule has 0 amide bonds. The summed E-state index contributed by atoms with van der Waals surface area (Å²) in [6.07, 6.45) is 1.96. The van der Waals surface area contributed by atoms with Crippen molar-refractivity contribution < 1.29 is 4.74 Å². The van der Waals surface area contributed by atoms with Gasteiger partial charge < -0.3 is 10.1 Å². The second kappa shape index (κ2) is 8.80. The minimum absolute atomic E-state index is 0.688. The Labute approximate surface area is 142 Å². The molecule has 2 rings (SSSR count). The van der Waals surface area contributed by atoms with E-state index in [4.69, 9.17) is 16.3 Å². The SMILES string of the molecule is COCCNCCCc1nnc(-c2ccc(Br)cc2Cl)s1. The summed E-state index contributed by atoms with van der Waals surface area (Å²) in [4.78, 5) is 0. The van der Waals surface area contributed by atoms with E-state index in [1.807, 2.05) is 18.2 Å². The largest absolute Gasteiger partial charge is 0.383 e. The van der Waals surface area contributed by atoms with E-state index in [2.05, 4.69) is 31.4 Å². The third-order valence-corrected chi connectivity index (χ3v) is 4.68. The summed E-state index contributed by atoms with van der Waals surface area (Å²) < 4.78 is 5.94. The van der Waals surface area contributed by atoms with Gasteiger partial charge in [0.1, 0.15) is 10.0 Å². The van der Waals surface area contributed by atoms with Gasteiger partial charge in [0.05, 0.1) is 11.6 Å². The molecule has 0 spiro atoms. The van der Waals surface area contributed by atoms with Crippen molar-refractivity contribution in [1.82, 2.24) is 15.5 Å². The van der Waals surface area contributed by atoms with Crippen molar-refractivity contribution in [1.29, 1.82) is 0 Å². The molecule has 0 bridgehead atoms. The standard InChI is InChI=1S/C14H17BrClN3OS/c1-20-8-7-17-6-2-3-13-18-19-14(21-13)11-5-4-10(15)9-12(11)16/h4-5,9,17H,2-3,6-8H2,1H3. The quantitative estimate of drug-likeness (QED) is 0.697. The Morgan fingerprint density at radius 3 is 2.95 bits per heavy atom. The fraction of sp³-hybridized carbons (Fsp3) is 0.429. The van der Waals surface area contributed by atoms with Crippen LogP contribution in [0.15, 0.2) is 22.7 Å². The molecule has 0 unspecified atom stereocenters. The Morgan fingerprint density at radius 2 is 2.19 bits per heavy atom. The molecule has 0 aliphatic carbocycles. The van der Waals surface area contributed by atoms with Gasteiger partial charge in [0.2, 0.25) is 0 Å². The molecule has 1 N–H and O–H groups in total. The van der Waals surface area contributed by atoms with Gasteiger partial charge in [0.15, 0.2) is 0 Å². The first kappa shape index (κ1) is 16.8. The maximum Gasteiger partial charge on any atom is 0.149 e. The van der Waals surface area contributed by atoms with Gasteiger partial charge in [0, 0.05) is 30.1 Å². The minimum Gasteiger partial charge on any atom is -0.383 e. The summed E-state index contributed by atoms with van der Waals surface area (Å²) >= 11 is 11.2. The van der Waals surface area contributed by atoms with E-state index in [1.54, 1.807) is 18.4 Å². The number of aromatic nitrogens is 2. The van der Waals surface area contributed by atoms with Crippen LogP contribution in [0.4, 0.5) is 0 Å². The number of aryl methyl sites for hydroxylation is 1. The van der Waals surface area contributed by atoms with Gasteiger partial charge in [-0.2, -0.15) is 0 Å². The summed E-state index contributed by atoms with van der Waals surface area (Å²) in [6, 6.07) is 5.79. The topological polar surface area (TPSA) is 47.0 Å². The van der Waals surface area contributed by atoms with E-state index >= 15 is 0 Å². The summed E-state index contributed by atoms with van der Waals surface area (Å²) in [5, 5.41) is 14.4.